The molecule has 2 amide bonds. The van der Waals surface area contributed by atoms with Crippen molar-refractivity contribution in [2.45, 2.75) is 13.0 Å². The molecule has 1 aliphatic heterocycles. The van der Waals surface area contributed by atoms with E-state index in [0.717, 1.165) is 10.6 Å². The molecule has 9 nitrogen and oxygen atoms in total. The number of hydrogen-bond donors (Lipinski definition) is 2. The largest absolute Gasteiger partial charge is 0.486 e. The lowest BCUT2D eigenvalue weighted by atomic mass is 10.1. The summed E-state index contributed by atoms with van der Waals surface area (Å²) < 4.78 is 37.2. The van der Waals surface area contributed by atoms with Gasteiger partial charge in [0.1, 0.15) is 19.3 Å². The maximum Gasteiger partial charge on any atom is 0.253 e. The van der Waals surface area contributed by atoms with Gasteiger partial charge < -0.3 is 20.1 Å². The van der Waals surface area contributed by atoms with Gasteiger partial charge in [-0.25, -0.2) is 8.42 Å². The molecular weight excluding hydrogens is 434 g/mol. The lowest BCUT2D eigenvalue weighted by molar-refractivity contribution is -0.116. The second kappa shape index (κ2) is 9.73. The number of amides is 2. The summed E-state index contributed by atoms with van der Waals surface area (Å²) in [6, 6.07) is 10.0. The number of sulfonamides is 1. The standard InChI is InChI=1S/C22H25N3O6S/c1-4-11-23-22(27)17-7-5-6-8-18(17)24-21(26)15(2)25(32(3,28)29)16-9-10-19-20(14-16)31-13-12-30-19/h4-10,14-15H,1,11-13H2,2-3H3,(H,23,27)(H,24,26)/t15-/m1/s1. The maximum atomic E-state index is 13.0. The zero-order valence-electron chi connectivity index (χ0n) is 17.8. The number of rotatable bonds is 8. The number of para-hydroxylation sites is 1. The Morgan fingerprint density at radius 2 is 1.84 bits per heavy atom. The van der Waals surface area contributed by atoms with Crippen molar-refractivity contribution >= 4 is 33.2 Å². The van der Waals surface area contributed by atoms with Crippen LogP contribution in [0, 0.1) is 0 Å². The van der Waals surface area contributed by atoms with Crippen LogP contribution in [0.1, 0.15) is 17.3 Å². The molecule has 10 heteroatoms. The molecule has 2 N–H and O–H groups in total. The fourth-order valence-electron chi connectivity index (χ4n) is 3.27. The number of anilines is 2. The molecule has 0 saturated heterocycles. The Balaban J connectivity index is 1.87. The SMILES string of the molecule is C=CCNC(=O)c1ccccc1NC(=O)[C@@H](C)N(c1ccc2c(c1)OCCO2)S(C)(=O)=O. The minimum absolute atomic E-state index is 0.250. The highest BCUT2D eigenvalue weighted by molar-refractivity contribution is 7.92. The van der Waals surface area contributed by atoms with Crippen LogP contribution in [-0.4, -0.2) is 52.3 Å². The Kier molecular flexibility index (Phi) is 7.04. The van der Waals surface area contributed by atoms with Crippen LogP contribution in [0.2, 0.25) is 0 Å². The van der Waals surface area contributed by atoms with Gasteiger partial charge in [0.05, 0.1) is 23.2 Å². The number of hydrogen-bond acceptors (Lipinski definition) is 6. The molecule has 1 heterocycles. The van der Waals surface area contributed by atoms with Gasteiger partial charge in [-0.3, -0.25) is 13.9 Å². The summed E-state index contributed by atoms with van der Waals surface area (Å²) in [4.78, 5) is 25.4. The summed E-state index contributed by atoms with van der Waals surface area (Å²) in [5.74, 6) is -0.0844. The molecule has 1 aliphatic rings. The van der Waals surface area contributed by atoms with E-state index >= 15 is 0 Å². The number of carbonyl (C=O) groups is 2. The highest BCUT2D eigenvalue weighted by Gasteiger charge is 2.31. The summed E-state index contributed by atoms with van der Waals surface area (Å²) >= 11 is 0. The fourth-order valence-corrected chi connectivity index (χ4v) is 4.43. The normalized spacial score (nSPS) is 13.6. The van der Waals surface area contributed by atoms with Crippen molar-refractivity contribution < 1.29 is 27.5 Å². The predicted molar refractivity (Wildman–Crippen MR) is 122 cm³/mol. The third kappa shape index (κ3) is 5.20. The second-order valence-electron chi connectivity index (χ2n) is 7.10. The van der Waals surface area contributed by atoms with Crippen molar-refractivity contribution in [3.05, 3.63) is 60.7 Å². The Morgan fingerprint density at radius 3 is 2.53 bits per heavy atom. The third-order valence-electron chi connectivity index (χ3n) is 4.71. The van der Waals surface area contributed by atoms with Gasteiger partial charge in [0, 0.05) is 12.6 Å². The summed E-state index contributed by atoms with van der Waals surface area (Å²) in [5, 5.41) is 5.32. The van der Waals surface area contributed by atoms with Gasteiger partial charge in [-0.05, 0) is 31.2 Å². The molecule has 0 spiro atoms. The molecule has 0 bridgehead atoms. The number of nitrogens with zero attached hydrogens (tertiary/aromatic N) is 1. The van der Waals surface area contributed by atoms with Crippen molar-refractivity contribution in [2.24, 2.45) is 0 Å². The smallest absolute Gasteiger partial charge is 0.253 e. The highest BCUT2D eigenvalue weighted by Crippen LogP contribution is 2.35. The summed E-state index contributed by atoms with van der Waals surface area (Å²) in [6.45, 7) is 6.03. The van der Waals surface area contributed by atoms with Crippen molar-refractivity contribution in [3.63, 3.8) is 0 Å². The molecule has 170 valence electrons. The summed E-state index contributed by atoms with van der Waals surface area (Å²) in [7, 11) is -3.83. The molecule has 32 heavy (non-hydrogen) atoms. The molecule has 2 aromatic carbocycles. The molecule has 0 aromatic heterocycles. The topological polar surface area (TPSA) is 114 Å². The Bertz CT molecular complexity index is 1130. The van der Waals surface area contributed by atoms with E-state index in [2.05, 4.69) is 17.2 Å². The van der Waals surface area contributed by atoms with Gasteiger partial charge in [0.25, 0.3) is 5.91 Å². The zero-order valence-corrected chi connectivity index (χ0v) is 18.6. The average Bonchev–Trinajstić information content (AvgIpc) is 2.76. The second-order valence-corrected chi connectivity index (χ2v) is 8.96. The summed E-state index contributed by atoms with van der Waals surface area (Å²) in [5.41, 5.74) is 0.776. The zero-order chi connectivity index (χ0) is 23.3. The molecule has 0 unspecified atom stereocenters. The molecule has 0 fully saturated rings. The molecule has 0 aliphatic carbocycles. The highest BCUT2D eigenvalue weighted by atomic mass is 32.2. The van der Waals surface area contributed by atoms with Crippen LogP contribution in [-0.2, 0) is 14.8 Å². The summed E-state index contributed by atoms with van der Waals surface area (Å²) in [6.07, 6.45) is 2.56. The fraction of sp³-hybridized carbons (Fsp3) is 0.273. The Labute approximate surface area is 187 Å². The van der Waals surface area contributed by atoms with Crippen molar-refractivity contribution in [3.8, 4) is 11.5 Å². The lowest BCUT2D eigenvalue weighted by Crippen LogP contribution is -2.45. The van der Waals surface area contributed by atoms with Gasteiger partial charge in [-0.2, -0.15) is 0 Å². The first kappa shape index (κ1) is 23.1. The first-order valence-corrected chi connectivity index (χ1v) is 11.7. The van der Waals surface area contributed by atoms with E-state index in [4.69, 9.17) is 9.47 Å². The van der Waals surface area contributed by atoms with E-state index in [1.54, 1.807) is 42.5 Å². The maximum absolute atomic E-state index is 13.0. The van der Waals surface area contributed by atoms with Crippen molar-refractivity contribution in [2.75, 3.05) is 35.6 Å². The number of ether oxygens (including phenoxy) is 2. The van der Waals surface area contributed by atoms with E-state index in [9.17, 15) is 18.0 Å². The number of nitrogens with one attached hydrogen (secondary N) is 2. The van der Waals surface area contributed by atoms with Gasteiger partial charge in [-0.1, -0.05) is 18.2 Å². The molecule has 1 atom stereocenters. The molecule has 0 saturated carbocycles. The number of benzene rings is 2. The van der Waals surface area contributed by atoms with Gasteiger partial charge in [-0.15, -0.1) is 6.58 Å². The third-order valence-corrected chi connectivity index (χ3v) is 5.95. The Morgan fingerprint density at radius 1 is 1.16 bits per heavy atom. The number of carbonyl (C=O) groups excluding carboxylic acids is 2. The minimum Gasteiger partial charge on any atom is -0.486 e. The molecule has 2 aromatic rings. The van der Waals surface area contributed by atoms with Crippen LogP contribution in [0.4, 0.5) is 11.4 Å². The predicted octanol–water partition coefficient (Wildman–Crippen LogP) is 2.17. The van der Waals surface area contributed by atoms with Crippen LogP contribution < -0.4 is 24.4 Å². The van der Waals surface area contributed by atoms with E-state index in [1.165, 1.54) is 13.0 Å². The molecule has 0 radical (unpaired) electrons. The average molecular weight is 460 g/mol. The first-order valence-electron chi connectivity index (χ1n) is 9.90. The van der Waals surface area contributed by atoms with Gasteiger partial charge in [0.2, 0.25) is 15.9 Å². The van der Waals surface area contributed by atoms with Crippen molar-refractivity contribution in [1.29, 1.82) is 0 Å². The van der Waals surface area contributed by atoms with E-state index < -0.39 is 22.0 Å². The molecule has 3 rings (SSSR count). The van der Waals surface area contributed by atoms with Crippen LogP contribution in [0.15, 0.2) is 55.1 Å². The van der Waals surface area contributed by atoms with Gasteiger partial charge in [0.15, 0.2) is 11.5 Å². The van der Waals surface area contributed by atoms with E-state index in [-0.39, 0.29) is 29.4 Å². The lowest BCUT2D eigenvalue weighted by Gasteiger charge is -2.29. The monoisotopic (exact) mass is 459 g/mol. The van der Waals surface area contributed by atoms with Crippen LogP contribution >= 0.6 is 0 Å². The molecular formula is C22H25N3O6S. The van der Waals surface area contributed by atoms with E-state index in [0.29, 0.717) is 24.7 Å². The minimum atomic E-state index is -3.83. The Hall–Kier alpha value is -3.53. The number of fused-ring (bicyclic) bond motifs is 1. The van der Waals surface area contributed by atoms with Crippen LogP contribution in [0.25, 0.3) is 0 Å². The first-order chi connectivity index (χ1) is 15.2. The van der Waals surface area contributed by atoms with Crippen LogP contribution in [0.5, 0.6) is 11.5 Å². The van der Waals surface area contributed by atoms with Crippen LogP contribution in [0.3, 0.4) is 0 Å². The van der Waals surface area contributed by atoms with E-state index in [1.807, 2.05) is 0 Å². The quantitative estimate of drug-likeness (QED) is 0.585. The van der Waals surface area contributed by atoms with Gasteiger partial charge >= 0.3 is 0 Å². The van der Waals surface area contributed by atoms with Crippen molar-refractivity contribution in [1.82, 2.24) is 5.32 Å².